The highest BCUT2D eigenvalue weighted by Crippen LogP contribution is 2.31. The first-order valence-corrected chi connectivity index (χ1v) is 7.76. The van der Waals surface area contributed by atoms with E-state index in [-0.39, 0.29) is 5.91 Å². The summed E-state index contributed by atoms with van der Waals surface area (Å²) in [6, 6.07) is 0.414. The van der Waals surface area contributed by atoms with Crippen LogP contribution in [0.2, 0.25) is 0 Å². The van der Waals surface area contributed by atoms with E-state index in [0.29, 0.717) is 12.0 Å². The van der Waals surface area contributed by atoms with E-state index in [9.17, 15) is 4.79 Å². The molecule has 1 saturated carbocycles. The predicted molar refractivity (Wildman–Crippen MR) is 74.4 cm³/mol. The maximum atomic E-state index is 12.0. The molecule has 1 saturated heterocycles. The van der Waals surface area contributed by atoms with Crippen molar-refractivity contribution in [3.8, 4) is 0 Å². The van der Waals surface area contributed by atoms with Gasteiger partial charge >= 0.3 is 0 Å². The number of hydrogen-bond acceptors (Lipinski definition) is 2. The van der Waals surface area contributed by atoms with E-state index in [1.807, 2.05) is 0 Å². The fraction of sp³-hybridized carbons (Fsp3) is 0.933. The zero-order valence-electron chi connectivity index (χ0n) is 11.7. The van der Waals surface area contributed by atoms with Crippen molar-refractivity contribution in [3.63, 3.8) is 0 Å². The molecular formula is C15H28N2O. The van der Waals surface area contributed by atoms with Crippen LogP contribution in [0.5, 0.6) is 0 Å². The van der Waals surface area contributed by atoms with E-state index in [4.69, 9.17) is 0 Å². The van der Waals surface area contributed by atoms with E-state index < -0.39 is 0 Å². The molecule has 0 bridgehead atoms. The van der Waals surface area contributed by atoms with Gasteiger partial charge in [-0.15, -0.1) is 0 Å². The van der Waals surface area contributed by atoms with Crippen molar-refractivity contribution < 1.29 is 4.79 Å². The van der Waals surface area contributed by atoms with Crippen molar-refractivity contribution >= 4 is 5.91 Å². The van der Waals surface area contributed by atoms with E-state index in [1.54, 1.807) is 0 Å². The predicted octanol–water partition coefficient (Wildman–Crippen LogP) is 2.46. The minimum Gasteiger partial charge on any atom is -0.353 e. The fourth-order valence-corrected chi connectivity index (χ4v) is 3.42. The first kappa shape index (κ1) is 13.9. The minimum absolute atomic E-state index is 0.278. The topological polar surface area (TPSA) is 41.1 Å². The lowest BCUT2D eigenvalue weighted by molar-refractivity contribution is -0.123. The summed E-state index contributed by atoms with van der Waals surface area (Å²) < 4.78 is 0. The van der Waals surface area contributed by atoms with Crippen molar-refractivity contribution in [2.75, 3.05) is 13.1 Å². The Balaban J connectivity index is 1.68. The summed E-state index contributed by atoms with van der Waals surface area (Å²) in [6.07, 6.45) is 9.70. The first-order valence-electron chi connectivity index (χ1n) is 7.76. The van der Waals surface area contributed by atoms with Gasteiger partial charge in [0.15, 0.2) is 0 Å². The maximum Gasteiger partial charge on any atom is 0.220 e. The van der Waals surface area contributed by atoms with Crippen molar-refractivity contribution in [1.82, 2.24) is 10.6 Å². The lowest BCUT2D eigenvalue weighted by Gasteiger charge is -2.28. The van der Waals surface area contributed by atoms with Crippen LogP contribution < -0.4 is 10.6 Å². The molecule has 0 aromatic rings. The second kappa shape index (κ2) is 7.13. The first-order chi connectivity index (χ1) is 8.75. The molecule has 1 heterocycles. The van der Waals surface area contributed by atoms with Gasteiger partial charge in [0.1, 0.15) is 0 Å². The summed E-state index contributed by atoms with van der Waals surface area (Å²) >= 11 is 0. The van der Waals surface area contributed by atoms with Gasteiger partial charge < -0.3 is 10.6 Å². The third kappa shape index (κ3) is 4.27. The molecule has 0 radical (unpaired) electrons. The minimum atomic E-state index is 0.278. The third-order valence-corrected chi connectivity index (χ3v) is 4.67. The highest BCUT2D eigenvalue weighted by Gasteiger charge is 2.23. The van der Waals surface area contributed by atoms with E-state index in [2.05, 4.69) is 17.6 Å². The lowest BCUT2D eigenvalue weighted by atomic mass is 9.79. The molecule has 0 spiro atoms. The van der Waals surface area contributed by atoms with Crippen LogP contribution in [-0.2, 0) is 4.79 Å². The largest absolute Gasteiger partial charge is 0.353 e. The molecule has 2 rings (SSSR count). The van der Waals surface area contributed by atoms with Crippen LogP contribution in [0.1, 0.15) is 58.3 Å². The van der Waals surface area contributed by atoms with Gasteiger partial charge in [-0.05, 0) is 37.8 Å². The zero-order chi connectivity index (χ0) is 12.8. The molecule has 3 heteroatoms. The molecule has 2 aliphatic rings. The van der Waals surface area contributed by atoms with Gasteiger partial charge in [0.05, 0.1) is 0 Å². The number of carbonyl (C=O) groups excluding carboxylic acids is 1. The monoisotopic (exact) mass is 252 g/mol. The second-order valence-electron chi connectivity index (χ2n) is 6.17. The summed E-state index contributed by atoms with van der Waals surface area (Å²) in [4.78, 5) is 12.0. The molecule has 2 fully saturated rings. The van der Waals surface area contributed by atoms with Crippen molar-refractivity contribution in [2.24, 2.45) is 11.8 Å². The van der Waals surface area contributed by atoms with Crippen LogP contribution in [0.4, 0.5) is 0 Å². The summed E-state index contributed by atoms with van der Waals surface area (Å²) in [5.74, 6) is 1.63. The Morgan fingerprint density at radius 3 is 2.50 bits per heavy atom. The molecule has 104 valence electrons. The number of amides is 1. The van der Waals surface area contributed by atoms with Crippen LogP contribution in [0, 0.1) is 11.8 Å². The molecule has 1 aliphatic carbocycles. The Hall–Kier alpha value is -0.570. The molecule has 1 amide bonds. The van der Waals surface area contributed by atoms with Gasteiger partial charge in [-0.2, -0.15) is 0 Å². The number of hydrogen-bond donors (Lipinski definition) is 2. The van der Waals surface area contributed by atoms with Gasteiger partial charge in [0, 0.05) is 12.5 Å². The van der Waals surface area contributed by atoms with Gasteiger partial charge in [-0.1, -0.05) is 39.0 Å². The molecule has 0 aromatic heterocycles. The van der Waals surface area contributed by atoms with Crippen molar-refractivity contribution in [3.05, 3.63) is 0 Å². The highest BCUT2D eigenvalue weighted by atomic mass is 16.1. The van der Waals surface area contributed by atoms with Crippen molar-refractivity contribution in [1.29, 1.82) is 0 Å². The van der Waals surface area contributed by atoms with E-state index in [0.717, 1.165) is 38.3 Å². The van der Waals surface area contributed by atoms with Gasteiger partial charge in [0.25, 0.3) is 0 Å². The maximum absolute atomic E-state index is 12.0. The number of piperidine rings is 1. The number of rotatable bonds is 4. The van der Waals surface area contributed by atoms with Crippen LogP contribution in [-0.4, -0.2) is 25.0 Å². The summed E-state index contributed by atoms with van der Waals surface area (Å²) in [6.45, 7) is 4.35. The van der Waals surface area contributed by atoms with Crippen LogP contribution in [0.3, 0.4) is 0 Å². The Morgan fingerprint density at radius 1 is 1.17 bits per heavy atom. The Morgan fingerprint density at radius 2 is 1.83 bits per heavy atom. The van der Waals surface area contributed by atoms with Gasteiger partial charge in [0.2, 0.25) is 5.91 Å². The molecule has 18 heavy (non-hydrogen) atoms. The van der Waals surface area contributed by atoms with Crippen LogP contribution >= 0.6 is 0 Å². The Labute approximate surface area is 111 Å². The SMILES string of the molecule is CC(CC(=O)NC1CCNCC1)C1CCCCC1. The zero-order valence-corrected chi connectivity index (χ0v) is 11.7. The second-order valence-corrected chi connectivity index (χ2v) is 6.17. The average molecular weight is 252 g/mol. The molecule has 2 N–H and O–H groups in total. The molecular weight excluding hydrogens is 224 g/mol. The molecule has 0 aromatic carbocycles. The Bertz CT molecular complexity index is 255. The molecule has 1 aliphatic heterocycles. The summed E-state index contributed by atoms with van der Waals surface area (Å²) in [5, 5.41) is 6.54. The average Bonchev–Trinajstić information content (AvgIpc) is 2.40. The van der Waals surface area contributed by atoms with Crippen LogP contribution in [0.25, 0.3) is 0 Å². The number of nitrogens with one attached hydrogen (secondary N) is 2. The van der Waals surface area contributed by atoms with E-state index >= 15 is 0 Å². The smallest absolute Gasteiger partial charge is 0.220 e. The Kier molecular flexibility index (Phi) is 5.48. The quantitative estimate of drug-likeness (QED) is 0.807. The van der Waals surface area contributed by atoms with Crippen molar-refractivity contribution in [2.45, 2.75) is 64.3 Å². The van der Waals surface area contributed by atoms with E-state index in [1.165, 1.54) is 32.1 Å². The highest BCUT2D eigenvalue weighted by molar-refractivity contribution is 5.76. The van der Waals surface area contributed by atoms with Gasteiger partial charge in [-0.25, -0.2) is 0 Å². The van der Waals surface area contributed by atoms with Crippen LogP contribution in [0.15, 0.2) is 0 Å². The third-order valence-electron chi connectivity index (χ3n) is 4.67. The van der Waals surface area contributed by atoms with Gasteiger partial charge in [-0.3, -0.25) is 4.79 Å². The fourth-order valence-electron chi connectivity index (χ4n) is 3.42. The molecule has 1 atom stereocenters. The lowest BCUT2D eigenvalue weighted by Crippen LogP contribution is -2.43. The normalized spacial score (nSPS) is 24.7. The summed E-state index contributed by atoms with van der Waals surface area (Å²) in [5.41, 5.74) is 0. The number of carbonyl (C=O) groups is 1. The summed E-state index contributed by atoms with van der Waals surface area (Å²) in [7, 11) is 0. The molecule has 3 nitrogen and oxygen atoms in total. The standard InChI is InChI=1S/C15H28N2O/c1-12(13-5-3-2-4-6-13)11-15(18)17-14-7-9-16-10-8-14/h12-14,16H,2-11H2,1H3,(H,17,18). The molecule has 1 unspecified atom stereocenters.